The van der Waals surface area contributed by atoms with Crippen LogP contribution >= 0.6 is 0 Å². The maximum atomic E-state index is 12.4. The fourth-order valence-electron chi connectivity index (χ4n) is 3.71. The molecular weight excluding hydrogens is 342 g/mol. The van der Waals surface area contributed by atoms with Gasteiger partial charge in [-0.1, -0.05) is 43.7 Å². The van der Waals surface area contributed by atoms with Crippen molar-refractivity contribution in [2.75, 3.05) is 0 Å². The molecule has 1 aliphatic rings. The molecule has 3 aromatic rings. The second kappa shape index (κ2) is 6.23. The van der Waals surface area contributed by atoms with Crippen LogP contribution in [0.2, 0.25) is 0 Å². The Balaban J connectivity index is 1.98. The van der Waals surface area contributed by atoms with E-state index in [-0.39, 0.29) is 17.5 Å². The molecule has 6 nitrogen and oxygen atoms in total. The zero-order chi connectivity index (χ0) is 19.3. The maximum absolute atomic E-state index is 12.4. The summed E-state index contributed by atoms with van der Waals surface area (Å²) < 4.78 is 3.86. The Morgan fingerprint density at radius 2 is 1.96 bits per heavy atom. The van der Waals surface area contributed by atoms with Gasteiger partial charge in [0.05, 0.1) is 30.2 Å². The smallest absolute Gasteiger partial charge is 0.341 e. The molecule has 0 saturated heterocycles. The number of pyridine rings is 1. The number of aryl methyl sites for hydroxylation is 1. The van der Waals surface area contributed by atoms with Crippen LogP contribution in [0.15, 0.2) is 47.5 Å². The average Bonchev–Trinajstić information content (AvgIpc) is 3.05. The van der Waals surface area contributed by atoms with Crippen LogP contribution in [0, 0.1) is 12.8 Å². The van der Waals surface area contributed by atoms with E-state index in [2.05, 4.69) is 18.9 Å². The van der Waals surface area contributed by atoms with Gasteiger partial charge in [-0.15, -0.1) is 0 Å². The number of carboxylic acid groups (broad SMARTS) is 1. The van der Waals surface area contributed by atoms with Gasteiger partial charge in [0.2, 0.25) is 0 Å². The van der Waals surface area contributed by atoms with Crippen LogP contribution in [-0.4, -0.2) is 25.4 Å². The summed E-state index contributed by atoms with van der Waals surface area (Å²) in [5, 5.41) is 13.9. The number of fused-ring (bicyclic) bond motifs is 3. The number of hydrogen-bond donors (Lipinski definition) is 1. The molecule has 0 radical (unpaired) electrons. The predicted molar refractivity (Wildman–Crippen MR) is 103 cm³/mol. The molecule has 0 saturated carbocycles. The lowest BCUT2D eigenvalue weighted by Gasteiger charge is -2.32. The standard InChI is InChI=1S/C21H21N3O3/c1-12(2)18-11-24-20(15(9-22-24)14-6-4-13(3)5-7-14)17-8-19(25)16(21(26)27)10-23(17)18/h4-10,12,18H,11H2,1-3H3,(H,26,27)/t18-/m0/s1. The molecule has 1 aromatic carbocycles. The molecule has 0 amide bonds. The van der Waals surface area contributed by atoms with Gasteiger partial charge in [0, 0.05) is 17.8 Å². The fourth-order valence-corrected chi connectivity index (χ4v) is 3.71. The van der Waals surface area contributed by atoms with Crippen molar-refractivity contribution in [3.63, 3.8) is 0 Å². The second-order valence-electron chi connectivity index (χ2n) is 7.42. The number of benzene rings is 1. The highest BCUT2D eigenvalue weighted by Crippen LogP contribution is 2.38. The zero-order valence-corrected chi connectivity index (χ0v) is 15.5. The molecule has 1 atom stereocenters. The lowest BCUT2D eigenvalue weighted by atomic mass is 9.97. The molecule has 138 valence electrons. The number of rotatable bonds is 3. The quantitative estimate of drug-likeness (QED) is 0.771. The monoisotopic (exact) mass is 363 g/mol. The van der Waals surface area contributed by atoms with E-state index >= 15 is 0 Å². The van der Waals surface area contributed by atoms with Crippen LogP contribution in [0.4, 0.5) is 0 Å². The first-order valence-electron chi connectivity index (χ1n) is 8.99. The summed E-state index contributed by atoms with van der Waals surface area (Å²) in [5.74, 6) is -0.941. The zero-order valence-electron chi connectivity index (χ0n) is 15.5. The largest absolute Gasteiger partial charge is 0.477 e. The summed E-state index contributed by atoms with van der Waals surface area (Å²) in [7, 11) is 0. The summed E-state index contributed by atoms with van der Waals surface area (Å²) in [5.41, 5.74) is 4.00. The van der Waals surface area contributed by atoms with Crippen molar-refractivity contribution in [1.29, 1.82) is 0 Å². The molecule has 0 spiro atoms. The molecule has 0 fully saturated rings. The van der Waals surface area contributed by atoms with Gasteiger partial charge in [0.15, 0.2) is 5.43 Å². The van der Waals surface area contributed by atoms with E-state index in [9.17, 15) is 14.7 Å². The fraction of sp³-hybridized carbons (Fsp3) is 0.286. The van der Waals surface area contributed by atoms with E-state index in [1.54, 1.807) is 0 Å². The predicted octanol–water partition coefficient (Wildman–Crippen LogP) is 3.60. The van der Waals surface area contributed by atoms with Crippen LogP contribution in [0.5, 0.6) is 0 Å². The number of carbonyl (C=O) groups is 1. The summed E-state index contributed by atoms with van der Waals surface area (Å²) in [6, 6.07) is 9.62. The summed E-state index contributed by atoms with van der Waals surface area (Å²) >= 11 is 0. The molecule has 0 unspecified atom stereocenters. The maximum Gasteiger partial charge on any atom is 0.341 e. The third kappa shape index (κ3) is 2.77. The second-order valence-corrected chi connectivity index (χ2v) is 7.42. The summed E-state index contributed by atoms with van der Waals surface area (Å²) in [6.45, 7) is 6.84. The van der Waals surface area contributed by atoms with E-state index < -0.39 is 11.4 Å². The van der Waals surface area contributed by atoms with Crippen molar-refractivity contribution >= 4 is 5.97 Å². The van der Waals surface area contributed by atoms with Crippen LogP contribution in [-0.2, 0) is 6.54 Å². The Labute approximate surface area is 156 Å². The number of aromatic carboxylic acids is 1. The minimum atomic E-state index is -1.20. The van der Waals surface area contributed by atoms with E-state index in [4.69, 9.17) is 0 Å². The van der Waals surface area contributed by atoms with Crippen LogP contribution in [0.25, 0.3) is 22.5 Å². The molecule has 4 rings (SSSR count). The van der Waals surface area contributed by atoms with Gasteiger partial charge >= 0.3 is 5.97 Å². The molecule has 2 aromatic heterocycles. The Morgan fingerprint density at radius 1 is 1.26 bits per heavy atom. The topological polar surface area (TPSA) is 77.1 Å². The van der Waals surface area contributed by atoms with Crippen molar-refractivity contribution in [3.8, 4) is 22.5 Å². The van der Waals surface area contributed by atoms with Crippen LogP contribution in [0.3, 0.4) is 0 Å². The summed E-state index contributed by atoms with van der Waals surface area (Å²) in [4.78, 5) is 23.9. The molecular formula is C21H21N3O3. The number of nitrogens with zero attached hydrogens (tertiary/aromatic N) is 3. The first-order valence-corrected chi connectivity index (χ1v) is 8.99. The van der Waals surface area contributed by atoms with Gasteiger partial charge in [-0.05, 0) is 18.4 Å². The van der Waals surface area contributed by atoms with Gasteiger partial charge in [-0.3, -0.25) is 9.48 Å². The highest BCUT2D eigenvalue weighted by atomic mass is 16.4. The minimum absolute atomic E-state index is 0.0250. The molecule has 0 aliphatic carbocycles. The lowest BCUT2D eigenvalue weighted by molar-refractivity contribution is 0.0694. The Kier molecular flexibility index (Phi) is 3.98. The molecule has 6 heteroatoms. The summed E-state index contributed by atoms with van der Waals surface area (Å²) in [6.07, 6.45) is 3.31. The third-order valence-corrected chi connectivity index (χ3v) is 5.24. The van der Waals surface area contributed by atoms with E-state index in [0.717, 1.165) is 16.8 Å². The van der Waals surface area contributed by atoms with Crippen LogP contribution < -0.4 is 5.43 Å². The van der Waals surface area contributed by atoms with E-state index in [0.29, 0.717) is 12.2 Å². The van der Waals surface area contributed by atoms with E-state index in [1.807, 2.05) is 46.6 Å². The van der Waals surface area contributed by atoms with Gasteiger partial charge in [0.25, 0.3) is 0 Å². The first-order chi connectivity index (χ1) is 12.9. The molecule has 0 bridgehead atoms. The third-order valence-electron chi connectivity index (χ3n) is 5.24. The van der Waals surface area contributed by atoms with Crippen molar-refractivity contribution < 1.29 is 9.90 Å². The minimum Gasteiger partial charge on any atom is -0.477 e. The van der Waals surface area contributed by atoms with Crippen molar-refractivity contribution in [2.24, 2.45) is 5.92 Å². The van der Waals surface area contributed by atoms with Gasteiger partial charge in [-0.25, -0.2) is 4.79 Å². The number of hydrogen-bond acceptors (Lipinski definition) is 3. The Bertz CT molecular complexity index is 1090. The lowest BCUT2D eigenvalue weighted by Crippen LogP contribution is -2.31. The Morgan fingerprint density at radius 3 is 2.59 bits per heavy atom. The van der Waals surface area contributed by atoms with Gasteiger partial charge < -0.3 is 9.67 Å². The molecule has 1 aliphatic heterocycles. The normalized spacial score (nSPS) is 15.5. The SMILES string of the molecule is Cc1ccc(-c2cnn3c2-c2cc(=O)c(C(=O)O)cn2[C@H](C(C)C)C3)cc1. The highest BCUT2D eigenvalue weighted by Gasteiger charge is 2.30. The van der Waals surface area contributed by atoms with Crippen LogP contribution in [0.1, 0.15) is 35.8 Å². The molecule has 3 heterocycles. The number of aromatic nitrogens is 3. The van der Waals surface area contributed by atoms with E-state index in [1.165, 1.54) is 17.8 Å². The first kappa shape index (κ1) is 17.3. The highest BCUT2D eigenvalue weighted by molar-refractivity contribution is 5.88. The van der Waals surface area contributed by atoms with Crippen molar-refractivity contribution in [2.45, 2.75) is 33.4 Å². The molecule has 1 N–H and O–H groups in total. The number of carboxylic acids is 1. The van der Waals surface area contributed by atoms with Crippen molar-refractivity contribution in [1.82, 2.24) is 14.3 Å². The van der Waals surface area contributed by atoms with Gasteiger partial charge in [-0.2, -0.15) is 5.10 Å². The van der Waals surface area contributed by atoms with Gasteiger partial charge in [0.1, 0.15) is 5.56 Å². The molecule has 27 heavy (non-hydrogen) atoms. The average molecular weight is 363 g/mol. The van der Waals surface area contributed by atoms with Crippen molar-refractivity contribution in [3.05, 3.63) is 64.1 Å². The Hall–Kier alpha value is -3.15.